The normalized spacial score (nSPS) is 22.9. The van der Waals surface area contributed by atoms with Crippen molar-refractivity contribution in [1.82, 2.24) is 5.32 Å². The first-order valence-electron chi connectivity index (χ1n) is 9.65. The van der Waals surface area contributed by atoms with Crippen molar-refractivity contribution in [3.63, 3.8) is 0 Å². The molecule has 2 aliphatic rings. The molecule has 3 heteroatoms. The molecule has 1 aliphatic carbocycles. The van der Waals surface area contributed by atoms with Crippen LogP contribution in [0.15, 0.2) is 54.6 Å². The highest BCUT2D eigenvalue weighted by Gasteiger charge is 2.44. The van der Waals surface area contributed by atoms with Gasteiger partial charge in [0.1, 0.15) is 11.4 Å². The second kappa shape index (κ2) is 6.46. The molecule has 0 bridgehead atoms. The van der Waals surface area contributed by atoms with E-state index in [0.29, 0.717) is 0 Å². The van der Waals surface area contributed by atoms with Crippen molar-refractivity contribution in [1.29, 1.82) is 0 Å². The lowest BCUT2D eigenvalue weighted by atomic mass is 9.77. The summed E-state index contributed by atoms with van der Waals surface area (Å²) in [6.45, 7) is 4.18. The standard InChI is InChI=1S/C23H27NO2/c1-22(2)16-19(18-12-6-7-13-20(18)26-22)24-21(25)23(14-8-9-15-23)17-10-4-3-5-11-17/h3-7,10-13,19H,8-9,14-16H2,1-2H3,(H,24,25)/t19-/m1/s1. The summed E-state index contributed by atoms with van der Waals surface area (Å²) in [4.78, 5) is 13.5. The molecule has 1 fully saturated rings. The lowest BCUT2D eigenvalue weighted by Gasteiger charge is -2.39. The van der Waals surface area contributed by atoms with Crippen LogP contribution in [0.5, 0.6) is 5.75 Å². The van der Waals surface area contributed by atoms with Crippen LogP contribution < -0.4 is 10.1 Å². The third-order valence-corrected chi connectivity index (χ3v) is 5.90. The number of amides is 1. The van der Waals surface area contributed by atoms with Crippen molar-refractivity contribution < 1.29 is 9.53 Å². The van der Waals surface area contributed by atoms with Gasteiger partial charge in [0.05, 0.1) is 11.5 Å². The van der Waals surface area contributed by atoms with Crippen LogP contribution in [0.4, 0.5) is 0 Å². The molecular weight excluding hydrogens is 322 g/mol. The molecule has 0 spiro atoms. The summed E-state index contributed by atoms with van der Waals surface area (Å²) in [6.07, 6.45) is 4.85. The number of nitrogens with one attached hydrogen (secondary N) is 1. The van der Waals surface area contributed by atoms with Gasteiger partial charge in [-0.1, -0.05) is 61.4 Å². The minimum atomic E-state index is -0.390. The Morgan fingerprint density at radius 2 is 1.65 bits per heavy atom. The molecule has 0 unspecified atom stereocenters. The Hall–Kier alpha value is -2.29. The van der Waals surface area contributed by atoms with E-state index in [9.17, 15) is 4.79 Å². The summed E-state index contributed by atoms with van der Waals surface area (Å²) >= 11 is 0. The molecule has 1 heterocycles. The van der Waals surface area contributed by atoms with Crippen molar-refractivity contribution in [2.45, 2.75) is 63.0 Å². The minimum absolute atomic E-state index is 0.0105. The number of rotatable bonds is 3. The summed E-state index contributed by atoms with van der Waals surface area (Å²) in [5.74, 6) is 1.05. The number of carbonyl (C=O) groups excluding carboxylic acids is 1. The largest absolute Gasteiger partial charge is 0.487 e. The molecule has 1 aliphatic heterocycles. The van der Waals surface area contributed by atoms with Gasteiger partial charge in [-0.15, -0.1) is 0 Å². The van der Waals surface area contributed by atoms with Gasteiger partial charge in [-0.05, 0) is 38.3 Å². The fourth-order valence-corrected chi connectivity index (χ4v) is 4.61. The van der Waals surface area contributed by atoms with E-state index in [1.807, 2.05) is 36.4 Å². The third-order valence-electron chi connectivity index (χ3n) is 5.90. The highest BCUT2D eigenvalue weighted by molar-refractivity contribution is 5.89. The van der Waals surface area contributed by atoms with Crippen LogP contribution in [-0.4, -0.2) is 11.5 Å². The van der Waals surface area contributed by atoms with Crippen LogP contribution >= 0.6 is 0 Å². The van der Waals surface area contributed by atoms with Crippen molar-refractivity contribution in [3.05, 3.63) is 65.7 Å². The van der Waals surface area contributed by atoms with E-state index in [4.69, 9.17) is 4.74 Å². The predicted molar refractivity (Wildman–Crippen MR) is 103 cm³/mol. The molecule has 1 N–H and O–H groups in total. The van der Waals surface area contributed by atoms with Gasteiger partial charge in [0.2, 0.25) is 5.91 Å². The van der Waals surface area contributed by atoms with Crippen LogP contribution in [-0.2, 0) is 10.2 Å². The Kier molecular flexibility index (Phi) is 4.26. The number of hydrogen-bond donors (Lipinski definition) is 1. The number of ether oxygens (including phenoxy) is 1. The maximum absolute atomic E-state index is 13.5. The molecule has 1 saturated carbocycles. The van der Waals surface area contributed by atoms with E-state index >= 15 is 0 Å². The highest BCUT2D eigenvalue weighted by Crippen LogP contribution is 2.44. The Labute approximate surface area is 155 Å². The average molecular weight is 349 g/mol. The topological polar surface area (TPSA) is 38.3 Å². The van der Waals surface area contributed by atoms with Gasteiger partial charge in [0.15, 0.2) is 0 Å². The van der Waals surface area contributed by atoms with Gasteiger partial charge >= 0.3 is 0 Å². The maximum atomic E-state index is 13.5. The number of hydrogen-bond acceptors (Lipinski definition) is 2. The summed E-state index contributed by atoms with van der Waals surface area (Å²) in [5.41, 5.74) is 1.55. The molecule has 1 atom stereocenters. The minimum Gasteiger partial charge on any atom is -0.487 e. The van der Waals surface area contributed by atoms with Crippen LogP contribution in [0.25, 0.3) is 0 Å². The smallest absolute Gasteiger partial charge is 0.231 e. The second-order valence-electron chi connectivity index (χ2n) is 8.28. The molecule has 3 nitrogen and oxygen atoms in total. The first kappa shape index (κ1) is 17.1. The number of benzene rings is 2. The Morgan fingerprint density at radius 1 is 1.00 bits per heavy atom. The van der Waals surface area contributed by atoms with Crippen molar-refractivity contribution in [2.24, 2.45) is 0 Å². The maximum Gasteiger partial charge on any atom is 0.231 e. The van der Waals surface area contributed by atoms with E-state index in [1.165, 1.54) is 0 Å². The first-order chi connectivity index (χ1) is 12.5. The Morgan fingerprint density at radius 3 is 2.38 bits per heavy atom. The van der Waals surface area contributed by atoms with Crippen molar-refractivity contribution >= 4 is 5.91 Å². The SMILES string of the molecule is CC1(C)C[C@@H](NC(=O)C2(c3ccccc3)CCCC2)c2ccccc2O1. The lowest BCUT2D eigenvalue weighted by Crippen LogP contribution is -2.47. The number of para-hydroxylation sites is 1. The lowest BCUT2D eigenvalue weighted by molar-refractivity contribution is -0.128. The zero-order valence-electron chi connectivity index (χ0n) is 15.6. The van der Waals surface area contributed by atoms with Gasteiger partial charge in [-0.25, -0.2) is 0 Å². The molecule has 1 amide bonds. The average Bonchev–Trinajstić information content (AvgIpc) is 3.13. The molecule has 26 heavy (non-hydrogen) atoms. The number of fused-ring (bicyclic) bond motifs is 1. The van der Waals surface area contributed by atoms with E-state index in [-0.39, 0.29) is 17.6 Å². The summed E-state index contributed by atoms with van der Waals surface area (Å²) in [6, 6.07) is 18.4. The molecule has 4 rings (SSSR count). The summed E-state index contributed by atoms with van der Waals surface area (Å²) in [7, 11) is 0. The molecular formula is C23H27NO2. The summed E-state index contributed by atoms with van der Waals surface area (Å²) < 4.78 is 6.12. The van der Waals surface area contributed by atoms with Crippen molar-refractivity contribution in [3.8, 4) is 5.75 Å². The monoisotopic (exact) mass is 349 g/mol. The van der Waals surface area contributed by atoms with Crippen LogP contribution in [0, 0.1) is 0 Å². The first-order valence-corrected chi connectivity index (χ1v) is 9.65. The van der Waals surface area contributed by atoms with E-state index < -0.39 is 5.41 Å². The molecule has 0 radical (unpaired) electrons. The van der Waals surface area contributed by atoms with Crippen molar-refractivity contribution in [2.75, 3.05) is 0 Å². The van der Waals surface area contributed by atoms with Crippen LogP contribution in [0.2, 0.25) is 0 Å². The van der Waals surface area contributed by atoms with Gasteiger partial charge in [-0.3, -0.25) is 4.79 Å². The Bertz CT molecular complexity index is 791. The molecule has 2 aromatic carbocycles. The van der Waals surface area contributed by atoms with Gasteiger partial charge < -0.3 is 10.1 Å². The molecule has 136 valence electrons. The van der Waals surface area contributed by atoms with Crippen LogP contribution in [0.3, 0.4) is 0 Å². The Balaban J connectivity index is 1.65. The van der Waals surface area contributed by atoms with E-state index in [2.05, 4.69) is 37.4 Å². The van der Waals surface area contributed by atoms with Crippen LogP contribution in [0.1, 0.15) is 63.1 Å². The van der Waals surface area contributed by atoms with E-state index in [1.54, 1.807) is 0 Å². The second-order valence-corrected chi connectivity index (χ2v) is 8.28. The highest BCUT2D eigenvalue weighted by atomic mass is 16.5. The van der Waals surface area contributed by atoms with Gasteiger partial charge in [0.25, 0.3) is 0 Å². The predicted octanol–water partition coefficient (Wildman–Crippen LogP) is 4.92. The molecule has 0 saturated heterocycles. The third kappa shape index (κ3) is 3.00. The quantitative estimate of drug-likeness (QED) is 0.854. The molecule has 2 aromatic rings. The zero-order chi connectivity index (χ0) is 18.2. The van der Waals surface area contributed by atoms with Gasteiger partial charge in [-0.2, -0.15) is 0 Å². The van der Waals surface area contributed by atoms with E-state index in [0.717, 1.165) is 49.0 Å². The zero-order valence-corrected chi connectivity index (χ0v) is 15.6. The van der Waals surface area contributed by atoms with Gasteiger partial charge in [0, 0.05) is 12.0 Å². The molecule has 0 aromatic heterocycles. The fraction of sp³-hybridized carbons (Fsp3) is 0.435. The summed E-state index contributed by atoms with van der Waals surface area (Å²) in [5, 5.41) is 3.39. The number of carbonyl (C=O) groups is 1. The fourth-order valence-electron chi connectivity index (χ4n) is 4.61.